The molecule has 108 valence electrons. The molecule has 1 aromatic carbocycles. The number of benzene rings is 1. The Hall–Kier alpha value is -1.25. The summed E-state index contributed by atoms with van der Waals surface area (Å²) in [6.07, 6.45) is 0. The van der Waals surface area contributed by atoms with Crippen LogP contribution in [0.3, 0.4) is 0 Å². The molecule has 0 radical (unpaired) electrons. The van der Waals surface area contributed by atoms with Gasteiger partial charge in [0, 0.05) is 18.3 Å². The molecule has 0 bridgehead atoms. The highest BCUT2D eigenvalue weighted by atomic mass is 32.2. The molecule has 1 rings (SSSR count). The van der Waals surface area contributed by atoms with Gasteiger partial charge >= 0.3 is 0 Å². The molecule has 3 N–H and O–H groups in total. The number of halogens is 2. The van der Waals surface area contributed by atoms with Crippen molar-refractivity contribution in [3.63, 3.8) is 0 Å². The molecule has 0 aromatic heterocycles. The zero-order valence-corrected chi connectivity index (χ0v) is 11.4. The van der Waals surface area contributed by atoms with Crippen molar-refractivity contribution in [3.05, 3.63) is 23.8 Å². The van der Waals surface area contributed by atoms with Gasteiger partial charge in [0.1, 0.15) is 11.6 Å². The fourth-order valence-corrected chi connectivity index (χ4v) is 3.42. The predicted octanol–water partition coefficient (Wildman–Crippen LogP) is 0.938. The Kier molecular flexibility index (Phi) is 4.83. The highest BCUT2D eigenvalue weighted by Gasteiger charge is 2.32. The summed E-state index contributed by atoms with van der Waals surface area (Å²) in [5, 5.41) is 8.86. The van der Waals surface area contributed by atoms with Gasteiger partial charge in [-0.05, 0) is 26.0 Å². The fraction of sp³-hybridized carbons (Fsp3) is 0.455. The van der Waals surface area contributed by atoms with E-state index in [1.165, 1.54) is 0 Å². The second-order valence-electron chi connectivity index (χ2n) is 4.25. The van der Waals surface area contributed by atoms with Gasteiger partial charge in [-0.3, -0.25) is 0 Å². The van der Waals surface area contributed by atoms with Crippen molar-refractivity contribution in [3.8, 4) is 0 Å². The van der Waals surface area contributed by atoms with Crippen LogP contribution in [0.5, 0.6) is 0 Å². The number of hydrogen-bond acceptors (Lipinski definition) is 4. The monoisotopic (exact) mass is 294 g/mol. The van der Waals surface area contributed by atoms with E-state index in [1.54, 1.807) is 13.8 Å². The van der Waals surface area contributed by atoms with Gasteiger partial charge in [-0.15, -0.1) is 0 Å². The molecule has 5 nitrogen and oxygen atoms in total. The average molecular weight is 294 g/mol. The summed E-state index contributed by atoms with van der Waals surface area (Å²) in [4.78, 5) is -1.05. The largest absolute Gasteiger partial charge is 0.399 e. The third kappa shape index (κ3) is 3.20. The molecule has 0 aliphatic heterocycles. The molecule has 0 atom stereocenters. The van der Waals surface area contributed by atoms with Crippen molar-refractivity contribution in [2.45, 2.75) is 24.8 Å². The second kappa shape index (κ2) is 5.81. The summed E-state index contributed by atoms with van der Waals surface area (Å²) in [6.45, 7) is 2.39. The van der Waals surface area contributed by atoms with Crippen LogP contribution < -0.4 is 5.73 Å². The molecule has 0 saturated carbocycles. The summed E-state index contributed by atoms with van der Waals surface area (Å²) in [5.41, 5.74) is 5.04. The summed E-state index contributed by atoms with van der Waals surface area (Å²) in [5.74, 6) is -2.50. The molecule has 0 unspecified atom stereocenters. The summed E-state index contributed by atoms with van der Waals surface area (Å²) in [6, 6.07) is 0.939. The first-order valence-corrected chi connectivity index (χ1v) is 7.03. The minimum absolute atomic E-state index is 0.202. The van der Waals surface area contributed by atoms with Gasteiger partial charge in [0.15, 0.2) is 4.90 Å². The van der Waals surface area contributed by atoms with E-state index in [9.17, 15) is 17.2 Å². The number of anilines is 1. The highest BCUT2D eigenvalue weighted by molar-refractivity contribution is 7.89. The SMILES string of the molecule is CC(C)N(CCO)S(=O)(=O)c1c(F)cc(N)cc1F. The normalized spacial score (nSPS) is 12.4. The number of nitrogens with two attached hydrogens (primary N) is 1. The standard InChI is InChI=1S/C11H16F2N2O3S/c1-7(2)15(3-4-16)19(17,18)11-9(12)5-8(14)6-10(11)13/h5-7,16H,3-4,14H2,1-2H3. The smallest absolute Gasteiger partial charge is 0.249 e. The van der Waals surface area contributed by atoms with Crippen molar-refractivity contribution in [1.29, 1.82) is 0 Å². The predicted molar refractivity (Wildman–Crippen MR) is 66.9 cm³/mol. The number of nitrogens with zero attached hydrogens (tertiary/aromatic N) is 1. The van der Waals surface area contributed by atoms with Crippen molar-refractivity contribution >= 4 is 15.7 Å². The lowest BCUT2D eigenvalue weighted by Crippen LogP contribution is -2.39. The first-order chi connectivity index (χ1) is 8.71. The van der Waals surface area contributed by atoms with Gasteiger partial charge in [-0.25, -0.2) is 17.2 Å². The van der Waals surface area contributed by atoms with Crippen LogP contribution in [0.25, 0.3) is 0 Å². The van der Waals surface area contributed by atoms with Crippen LogP contribution >= 0.6 is 0 Å². The van der Waals surface area contributed by atoms with Crippen LogP contribution in [0.15, 0.2) is 17.0 Å². The summed E-state index contributed by atoms with van der Waals surface area (Å²) >= 11 is 0. The Labute approximate surface area is 110 Å². The molecule has 0 heterocycles. The molecule has 1 aromatic rings. The molecule has 0 amide bonds. The number of rotatable bonds is 5. The number of hydrogen-bond donors (Lipinski definition) is 2. The Morgan fingerprint density at radius 1 is 1.32 bits per heavy atom. The Bertz CT molecular complexity index is 538. The van der Waals surface area contributed by atoms with Crippen LogP contribution in [-0.2, 0) is 10.0 Å². The van der Waals surface area contributed by atoms with E-state index >= 15 is 0 Å². The number of aliphatic hydroxyl groups excluding tert-OH is 1. The molecular weight excluding hydrogens is 278 g/mol. The number of sulfonamides is 1. The minimum atomic E-state index is -4.37. The van der Waals surface area contributed by atoms with E-state index in [1.807, 2.05) is 0 Å². The second-order valence-corrected chi connectivity index (χ2v) is 6.07. The lowest BCUT2D eigenvalue weighted by molar-refractivity contribution is 0.235. The topological polar surface area (TPSA) is 83.6 Å². The van der Waals surface area contributed by atoms with E-state index in [2.05, 4.69) is 0 Å². The Morgan fingerprint density at radius 3 is 2.16 bits per heavy atom. The van der Waals surface area contributed by atoms with Crippen LogP contribution in [0, 0.1) is 11.6 Å². The van der Waals surface area contributed by atoms with Crippen molar-refractivity contribution in [2.24, 2.45) is 0 Å². The van der Waals surface area contributed by atoms with Crippen LogP contribution in [-0.4, -0.2) is 37.0 Å². The van der Waals surface area contributed by atoms with E-state index in [4.69, 9.17) is 10.8 Å². The maximum atomic E-state index is 13.7. The van der Waals surface area contributed by atoms with Gasteiger partial charge in [-0.1, -0.05) is 0 Å². The van der Waals surface area contributed by atoms with Gasteiger partial charge in [-0.2, -0.15) is 4.31 Å². The number of nitrogen functional groups attached to an aromatic ring is 1. The molecule has 0 spiro atoms. The minimum Gasteiger partial charge on any atom is -0.399 e. The highest BCUT2D eigenvalue weighted by Crippen LogP contribution is 2.26. The molecule has 0 aliphatic rings. The average Bonchev–Trinajstić information content (AvgIpc) is 2.22. The zero-order valence-electron chi connectivity index (χ0n) is 10.6. The van der Waals surface area contributed by atoms with Crippen molar-refractivity contribution in [2.75, 3.05) is 18.9 Å². The molecule has 0 aliphatic carbocycles. The fourth-order valence-electron chi connectivity index (χ4n) is 1.70. The van der Waals surface area contributed by atoms with E-state index in [0.717, 1.165) is 16.4 Å². The summed E-state index contributed by atoms with van der Waals surface area (Å²) < 4.78 is 52.6. The summed E-state index contributed by atoms with van der Waals surface area (Å²) in [7, 11) is -4.37. The molecule has 8 heteroatoms. The van der Waals surface area contributed by atoms with Crippen LogP contribution in [0.4, 0.5) is 14.5 Å². The third-order valence-corrected chi connectivity index (χ3v) is 4.61. The van der Waals surface area contributed by atoms with Crippen molar-refractivity contribution in [1.82, 2.24) is 4.31 Å². The lowest BCUT2D eigenvalue weighted by Gasteiger charge is -2.25. The lowest BCUT2D eigenvalue weighted by atomic mass is 10.3. The zero-order chi connectivity index (χ0) is 14.8. The van der Waals surface area contributed by atoms with Gasteiger partial charge in [0.25, 0.3) is 0 Å². The Morgan fingerprint density at radius 2 is 1.79 bits per heavy atom. The quantitative estimate of drug-likeness (QED) is 0.792. The van der Waals surface area contributed by atoms with Gasteiger partial charge < -0.3 is 10.8 Å². The molecule has 19 heavy (non-hydrogen) atoms. The van der Waals surface area contributed by atoms with Crippen LogP contribution in [0.1, 0.15) is 13.8 Å². The molecule has 0 fully saturated rings. The van der Waals surface area contributed by atoms with Gasteiger partial charge in [0.05, 0.1) is 6.61 Å². The maximum Gasteiger partial charge on any atom is 0.249 e. The Balaban J connectivity index is 3.42. The van der Waals surface area contributed by atoms with E-state index in [0.29, 0.717) is 0 Å². The molecular formula is C11H16F2N2O3S. The van der Waals surface area contributed by atoms with E-state index in [-0.39, 0.29) is 12.2 Å². The maximum absolute atomic E-state index is 13.7. The van der Waals surface area contributed by atoms with Crippen molar-refractivity contribution < 1.29 is 22.3 Å². The molecule has 0 saturated heterocycles. The first-order valence-electron chi connectivity index (χ1n) is 5.59. The third-order valence-electron chi connectivity index (χ3n) is 2.48. The van der Waals surface area contributed by atoms with Gasteiger partial charge in [0.2, 0.25) is 10.0 Å². The van der Waals surface area contributed by atoms with Crippen LogP contribution in [0.2, 0.25) is 0 Å². The van der Waals surface area contributed by atoms with E-state index < -0.39 is 39.2 Å². The number of aliphatic hydroxyl groups is 1. The first kappa shape index (κ1) is 15.8.